The minimum atomic E-state index is -0.736. The molecule has 7 heteroatoms. The highest BCUT2D eigenvalue weighted by molar-refractivity contribution is 5.96. The molecule has 0 aromatic rings. The predicted molar refractivity (Wildman–Crippen MR) is 101 cm³/mol. The molecule has 2 N–H and O–H groups in total. The molecule has 1 aliphatic carbocycles. The molecule has 0 aromatic heterocycles. The Morgan fingerprint density at radius 3 is 2.44 bits per heavy atom. The molecule has 1 heterocycles. The van der Waals surface area contributed by atoms with Crippen molar-refractivity contribution >= 4 is 17.8 Å². The summed E-state index contributed by atoms with van der Waals surface area (Å²) in [5.41, 5.74) is -0.450. The second-order valence-electron chi connectivity index (χ2n) is 8.28. The highest BCUT2D eigenvalue weighted by Gasteiger charge is 2.57. The van der Waals surface area contributed by atoms with Crippen LogP contribution in [0.5, 0.6) is 0 Å². The topological polar surface area (TPSA) is 95.9 Å². The van der Waals surface area contributed by atoms with Crippen molar-refractivity contribution in [2.45, 2.75) is 52.6 Å². The number of hydrogen-bond acceptors (Lipinski definition) is 5. The molecular formula is C20H32N2O5. The van der Waals surface area contributed by atoms with Gasteiger partial charge in [0.15, 0.2) is 0 Å². The van der Waals surface area contributed by atoms with Crippen LogP contribution in [0, 0.1) is 23.7 Å². The van der Waals surface area contributed by atoms with Crippen molar-refractivity contribution < 1.29 is 24.2 Å². The monoisotopic (exact) mass is 380 g/mol. The van der Waals surface area contributed by atoms with Crippen LogP contribution in [0.4, 0.5) is 0 Å². The van der Waals surface area contributed by atoms with E-state index in [4.69, 9.17) is 4.74 Å². The van der Waals surface area contributed by atoms with Gasteiger partial charge in [0.05, 0.1) is 25.0 Å². The molecule has 2 rings (SSSR count). The molecule has 7 nitrogen and oxygen atoms in total. The fraction of sp³-hybridized carbons (Fsp3) is 0.750. The molecule has 0 bridgehead atoms. The molecule has 2 amide bonds. The van der Waals surface area contributed by atoms with Crippen LogP contribution in [-0.4, -0.2) is 59.1 Å². The summed E-state index contributed by atoms with van der Waals surface area (Å²) in [7, 11) is 0. The normalized spacial score (nSPS) is 30.2. The van der Waals surface area contributed by atoms with Gasteiger partial charge in [0.2, 0.25) is 11.8 Å². The molecule has 2 aliphatic rings. The van der Waals surface area contributed by atoms with E-state index in [0.29, 0.717) is 6.42 Å². The van der Waals surface area contributed by atoms with Gasteiger partial charge in [0, 0.05) is 18.0 Å². The number of aliphatic hydroxyl groups excluding tert-OH is 1. The van der Waals surface area contributed by atoms with Crippen LogP contribution in [0.25, 0.3) is 0 Å². The van der Waals surface area contributed by atoms with E-state index in [1.54, 1.807) is 6.92 Å². The SMILES string of the molecule is CCOC(=O)[C@H]1[C@H]2C(=O)N(CCO)[C@H](C(=O)NC(C)(C)C)[C@H]2C=C[C@H]1CC. The van der Waals surface area contributed by atoms with Crippen molar-refractivity contribution in [2.75, 3.05) is 19.8 Å². The fourth-order valence-electron chi connectivity index (χ4n) is 4.24. The Labute approximate surface area is 161 Å². The van der Waals surface area contributed by atoms with Crippen molar-refractivity contribution in [3.63, 3.8) is 0 Å². The van der Waals surface area contributed by atoms with Gasteiger partial charge in [-0.05, 0) is 40.0 Å². The Hall–Kier alpha value is -1.89. The number of fused-ring (bicyclic) bond motifs is 1. The molecule has 0 aromatic carbocycles. The van der Waals surface area contributed by atoms with Gasteiger partial charge in [-0.15, -0.1) is 0 Å². The second kappa shape index (κ2) is 8.42. The zero-order valence-corrected chi connectivity index (χ0v) is 16.9. The van der Waals surface area contributed by atoms with Gasteiger partial charge in [0.25, 0.3) is 0 Å². The molecule has 152 valence electrons. The van der Waals surface area contributed by atoms with E-state index in [1.165, 1.54) is 4.90 Å². The molecule has 0 saturated carbocycles. The average Bonchev–Trinajstić information content (AvgIpc) is 2.85. The number of amides is 2. The van der Waals surface area contributed by atoms with E-state index in [1.807, 2.05) is 39.8 Å². The number of likely N-dealkylation sites (tertiary alicyclic amines) is 1. The highest BCUT2D eigenvalue weighted by Crippen LogP contribution is 2.45. The third kappa shape index (κ3) is 4.34. The molecule has 0 radical (unpaired) electrons. The van der Waals surface area contributed by atoms with Gasteiger partial charge in [-0.1, -0.05) is 19.1 Å². The lowest BCUT2D eigenvalue weighted by molar-refractivity contribution is -0.155. The summed E-state index contributed by atoms with van der Waals surface area (Å²) in [6.45, 7) is 9.40. The predicted octanol–water partition coefficient (Wildman–Crippen LogP) is 1.11. The molecule has 1 aliphatic heterocycles. The first-order chi connectivity index (χ1) is 12.7. The Balaban J connectivity index is 2.43. The molecule has 0 unspecified atom stereocenters. The fourth-order valence-corrected chi connectivity index (χ4v) is 4.24. The van der Waals surface area contributed by atoms with Crippen LogP contribution in [0.1, 0.15) is 41.0 Å². The van der Waals surface area contributed by atoms with Crippen LogP contribution >= 0.6 is 0 Å². The average molecular weight is 380 g/mol. The lowest BCUT2D eigenvalue weighted by atomic mass is 9.69. The summed E-state index contributed by atoms with van der Waals surface area (Å²) in [5, 5.41) is 12.4. The maximum absolute atomic E-state index is 13.2. The largest absolute Gasteiger partial charge is 0.466 e. The van der Waals surface area contributed by atoms with E-state index in [2.05, 4.69) is 5.32 Å². The maximum atomic E-state index is 13.2. The summed E-state index contributed by atoms with van der Waals surface area (Å²) in [6, 6.07) is -0.736. The van der Waals surface area contributed by atoms with E-state index < -0.39 is 35.3 Å². The minimum Gasteiger partial charge on any atom is -0.466 e. The van der Waals surface area contributed by atoms with E-state index >= 15 is 0 Å². The Morgan fingerprint density at radius 1 is 1.26 bits per heavy atom. The zero-order chi connectivity index (χ0) is 20.4. The van der Waals surface area contributed by atoms with Crippen LogP contribution < -0.4 is 5.32 Å². The standard InChI is InChI=1S/C20H32N2O5/c1-6-12-8-9-13-15(14(12)19(26)27-7-2)18(25)22(10-11-23)16(13)17(24)21-20(3,4)5/h8-9,12-16,23H,6-7,10-11H2,1-5H3,(H,21,24)/t12-,13+,14-,15+,16+/m1/s1. The second-order valence-corrected chi connectivity index (χ2v) is 8.28. The third-order valence-electron chi connectivity index (χ3n) is 5.25. The van der Waals surface area contributed by atoms with Crippen molar-refractivity contribution in [1.82, 2.24) is 10.2 Å². The Morgan fingerprint density at radius 2 is 1.93 bits per heavy atom. The number of carbonyl (C=O) groups is 3. The first kappa shape index (κ1) is 21.4. The van der Waals surface area contributed by atoms with Crippen molar-refractivity contribution in [3.05, 3.63) is 12.2 Å². The molecule has 1 fully saturated rings. The third-order valence-corrected chi connectivity index (χ3v) is 5.25. The summed E-state index contributed by atoms with van der Waals surface area (Å²) in [4.78, 5) is 40.2. The number of esters is 1. The summed E-state index contributed by atoms with van der Waals surface area (Å²) in [5.74, 6) is -2.67. The lowest BCUT2D eigenvalue weighted by Crippen LogP contribution is -2.53. The number of carbonyl (C=O) groups excluding carboxylic acids is 3. The highest BCUT2D eigenvalue weighted by atomic mass is 16.5. The summed E-state index contributed by atoms with van der Waals surface area (Å²) in [6.07, 6.45) is 4.54. The molecular weight excluding hydrogens is 348 g/mol. The van der Waals surface area contributed by atoms with Crippen LogP contribution in [0.3, 0.4) is 0 Å². The molecule has 27 heavy (non-hydrogen) atoms. The van der Waals surface area contributed by atoms with Gasteiger partial charge in [-0.3, -0.25) is 14.4 Å². The van der Waals surface area contributed by atoms with E-state index in [9.17, 15) is 19.5 Å². The first-order valence-corrected chi connectivity index (χ1v) is 9.74. The zero-order valence-electron chi connectivity index (χ0n) is 16.9. The van der Waals surface area contributed by atoms with Crippen LogP contribution in [0.2, 0.25) is 0 Å². The van der Waals surface area contributed by atoms with Gasteiger partial charge in [0.1, 0.15) is 6.04 Å². The first-order valence-electron chi connectivity index (χ1n) is 9.74. The van der Waals surface area contributed by atoms with Gasteiger partial charge in [-0.2, -0.15) is 0 Å². The number of nitrogens with zero attached hydrogens (tertiary/aromatic N) is 1. The number of nitrogens with one attached hydrogen (secondary N) is 1. The minimum absolute atomic E-state index is 0.0637. The summed E-state index contributed by atoms with van der Waals surface area (Å²) < 4.78 is 5.25. The Kier molecular flexibility index (Phi) is 6.68. The molecule has 1 saturated heterocycles. The summed E-state index contributed by atoms with van der Waals surface area (Å²) >= 11 is 0. The van der Waals surface area contributed by atoms with Crippen molar-refractivity contribution in [3.8, 4) is 0 Å². The van der Waals surface area contributed by atoms with E-state index in [0.717, 1.165) is 0 Å². The number of β-amino-alcohol motifs (C(OH)–C–C–N with tert-alkyl or cyclic N) is 1. The van der Waals surface area contributed by atoms with Crippen molar-refractivity contribution in [1.29, 1.82) is 0 Å². The molecule has 5 atom stereocenters. The van der Waals surface area contributed by atoms with Gasteiger partial charge < -0.3 is 20.1 Å². The smallest absolute Gasteiger partial charge is 0.310 e. The van der Waals surface area contributed by atoms with Crippen LogP contribution in [-0.2, 0) is 19.1 Å². The molecule has 0 spiro atoms. The van der Waals surface area contributed by atoms with Crippen LogP contribution in [0.15, 0.2) is 12.2 Å². The quantitative estimate of drug-likeness (QED) is 0.532. The van der Waals surface area contributed by atoms with Crippen molar-refractivity contribution in [2.24, 2.45) is 23.7 Å². The lowest BCUT2D eigenvalue weighted by Gasteiger charge is -2.34. The number of ether oxygens (including phenoxy) is 1. The number of hydrogen-bond donors (Lipinski definition) is 2. The maximum Gasteiger partial charge on any atom is 0.310 e. The Bertz CT molecular complexity index is 610. The van der Waals surface area contributed by atoms with Gasteiger partial charge in [-0.25, -0.2) is 0 Å². The van der Waals surface area contributed by atoms with E-state index in [-0.39, 0.29) is 37.5 Å². The number of allylic oxidation sites excluding steroid dienone is 1. The number of aliphatic hydroxyl groups is 1. The van der Waals surface area contributed by atoms with Gasteiger partial charge >= 0.3 is 5.97 Å². The number of rotatable bonds is 6.